The average Bonchev–Trinajstić information content (AvgIpc) is 3.22. The first-order chi connectivity index (χ1) is 12.1. The number of hydrogen-bond acceptors (Lipinski definition) is 6. The van der Waals surface area contributed by atoms with Gasteiger partial charge in [0.2, 0.25) is 5.91 Å². The van der Waals surface area contributed by atoms with Crippen LogP contribution in [-0.4, -0.2) is 25.7 Å². The van der Waals surface area contributed by atoms with E-state index in [4.69, 9.17) is 0 Å². The summed E-state index contributed by atoms with van der Waals surface area (Å²) in [6.45, 7) is 3.67. The van der Waals surface area contributed by atoms with Crippen LogP contribution < -0.4 is 4.90 Å². The van der Waals surface area contributed by atoms with E-state index in [9.17, 15) is 4.79 Å². The molecule has 6 nitrogen and oxygen atoms in total. The molecule has 0 aliphatic heterocycles. The van der Waals surface area contributed by atoms with E-state index >= 15 is 0 Å². The number of carbonyl (C=O) groups excluding carboxylic acids is 1. The molecule has 2 heterocycles. The predicted molar refractivity (Wildman–Crippen MR) is 101 cm³/mol. The van der Waals surface area contributed by atoms with Gasteiger partial charge < -0.3 is 4.57 Å². The molecule has 0 N–H and O–H groups in total. The average molecular weight is 374 g/mol. The van der Waals surface area contributed by atoms with Gasteiger partial charge in [-0.25, -0.2) is 4.98 Å². The van der Waals surface area contributed by atoms with Crippen LogP contribution in [0.5, 0.6) is 0 Å². The number of hydrogen-bond donors (Lipinski definition) is 0. The van der Waals surface area contributed by atoms with Crippen molar-refractivity contribution >= 4 is 39.8 Å². The van der Waals surface area contributed by atoms with E-state index in [0.29, 0.717) is 10.9 Å². The standard InChI is InChI=1S/C17H19N5OS2/c1-4-13-5-7-15(8-6-13)22(12(2)23)16-19-14(9-24-16)10-25-17-20-18-11-21(17)3/h5-9,11H,4,10H2,1-3H3. The number of nitrogens with zero attached hydrogens (tertiary/aromatic N) is 5. The molecule has 25 heavy (non-hydrogen) atoms. The van der Waals surface area contributed by atoms with Crippen LogP contribution in [0.15, 0.2) is 41.1 Å². The van der Waals surface area contributed by atoms with Crippen molar-refractivity contribution in [2.75, 3.05) is 4.90 Å². The molecule has 8 heteroatoms. The summed E-state index contributed by atoms with van der Waals surface area (Å²) in [5.41, 5.74) is 3.00. The fourth-order valence-corrected chi connectivity index (χ4v) is 4.09. The molecular weight excluding hydrogens is 354 g/mol. The summed E-state index contributed by atoms with van der Waals surface area (Å²) in [6, 6.07) is 8.03. The second-order valence-electron chi connectivity index (χ2n) is 5.51. The molecule has 0 bridgehead atoms. The third-order valence-electron chi connectivity index (χ3n) is 3.67. The van der Waals surface area contributed by atoms with Crippen LogP contribution in [0.1, 0.15) is 25.1 Å². The summed E-state index contributed by atoms with van der Waals surface area (Å²) >= 11 is 3.04. The van der Waals surface area contributed by atoms with Crippen molar-refractivity contribution in [2.45, 2.75) is 31.2 Å². The molecule has 1 amide bonds. The Hall–Kier alpha value is -2.19. The molecule has 2 aromatic heterocycles. The number of rotatable bonds is 6. The quantitative estimate of drug-likeness (QED) is 0.615. The molecule has 0 fully saturated rings. The van der Waals surface area contributed by atoms with Crippen molar-refractivity contribution in [2.24, 2.45) is 7.05 Å². The lowest BCUT2D eigenvalue weighted by Gasteiger charge is -2.18. The van der Waals surface area contributed by atoms with Gasteiger partial charge in [0.1, 0.15) is 6.33 Å². The Morgan fingerprint density at radius 3 is 2.68 bits per heavy atom. The maximum atomic E-state index is 12.2. The van der Waals surface area contributed by atoms with Crippen molar-refractivity contribution in [3.05, 3.63) is 47.2 Å². The lowest BCUT2D eigenvalue weighted by Crippen LogP contribution is -2.22. The monoisotopic (exact) mass is 373 g/mol. The number of thiazole rings is 1. The zero-order chi connectivity index (χ0) is 17.8. The molecule has 130 valence electrons. The highest BCUT2D eigenvalue weighted by Gasteiger charge is 2.18. The van der Waals surface area contributed by atoms with Crippen LogP contribution in [0.4, 0.5) is 10.8 Å². The minimum Gasteiger partial charge on any atom is -0.312 e. The Labute approximate surface area is 154 Å². The Morgan fingerprint density at radius 1 is 1.32 bits per heavy atom. The molecule has 0 unspecified atom stereocenters. The van der Waals surface area contributed by atoms with E-state index in [2.05, 4.69) is 22.1 Å². The van der Waals surface area contributed by atoms with Crippen LogP contribution in [0.25, 0.3) is 0 Å². The van der Waals surface area contributed by atoms with Gasteiger partial charge in [-0.2, -0.15) is 0 Å². The second kappa shape index (κ2) is 7.79. The fraction of sp³-hybridized carbons (Fsp3) is 0.294. The summed E-state index contributed by atoms with van der Waals surface area (Å²) in [4.78, 5) is 18.4. The zero-order valence-corrected chi connectivity index (χ0v) is 16.0. The lowest BCUT2D eigenvalue weighted by molar-refractivity contribution is -0.115. The Morgan fingerprint density at radius 2 is 2.08 bits per heavy atom. The number of aryl methyl sites for hydroxylation is 2. The van der Waals surface area contributed by atoms with E-state index in [1.165, 1.54) is 16.9 Å². The van der Waals surface area contributed by atoms with E-state index < -0.39 is 0 Å². The number of amides is 1. The third kappa shape index (κ3) is 4.08. The van der Waals surface area contributed by atoms with Crippen molar-refractivity contribution in [1.29, 1.82) is 0 Å². The fourth-order valence-electron chi connectivity index (χ4n) is 2.31. The molecule has 0 saturated heterocycles. The van der Waals surface area contributed by atoms with Crippen LogP contribution in [0.3, 0.4) is 0 Å². The second-order valence-corrected chi connectivity index (χ2v) is 7.29. The van der Waals surface area contributed by atoms with Gasteiger partial charge in [0, 0.05) is 25.1 Å². The first-order valence-electron chi connectivity index (χ1n) is 7.89. The normalized spacial score (nSPS) is 10.8. The van der Waals surface area contributed by atoms with Crippen LogP contribution in [0, 0.1) is 0 Å². The first kappa shape index (κ1) is 17.6. The van der Waals surface area contributed by atoms with Gasteiger partial charge in [-0.05, 0) is 24.1 Å². The molecule has 3 aromatic rings. The van der Waals surface area contributed by atoms with Crippen molar-refractivity contribution < 1.29 is 4.79 Å². The molecular formula is C17H19N5OS2. The van der Waals surface area contributed by atoms with E-state index in [1.54, 1.807) is 29.9 Å². The minimum atomic E-state index is -0.0499. The van der Waals surface area contributed by atoms with Crippen LogP contribution in [0.2, 0.25) is 0 Å². The molecule has 0 aliphatic carbocycles. The number of aromatic nitrogens is 4. The molecule has 0 aliphatic rings. The third-order valence-corrected chi connectivity index (χ3v) is 5.61. The number of thioether (sulfide) groups is 1. The SMILES string of the molecule is CCc1ccc(N(C(C)=O)c2nc(CSc3nncn3C)cs2)cc1. The van der Waals surface area contributed by atoms with Crippen LogP contribution >= 0.6 is 23.1 Å². The number of anilines is 2. The maximum Gasteiger partial charge on any atom is 0.230 e. The highest BCUT2D eigenvalue weighted by Crippen LogP contribution is 2.31. The van der Waals surface area contributed by atoms with Gasteiger partial charge in [0.15, 0.2) is 10.3 Å². The molecule has 0 atom stereocenters. The van der Waals surface area contributed by atoms with Gasteiger partial charge >= 0.3 is 0 Å². The summed E-state index contributed by atoms with van der Waals surface area (Å²) < 4.78 is 1.87. The predicted octanol–water partition coefficient (Wildman–Crippen LogP) is 3.81. The van der Waals surface area contributed by atoms with E-state index in [1.807, 2.05) is 41.3 Å². The summed E-state index contributed by atoms with van der Waals surface area (Å²) in [5, 5.41) is 11.4. The zero-order valence-electron chi connectivity index (χ0n) is 14.3. The largest absolute Gasteiger partial charge is 0.312 e. The summed E-state index contributed by atoms with van der Waals surface area (Å²) in [7, 11) is 1.91. The smallest absolute Gasteiger partial charge is 0.230 e. The lowest BCUT2D eigenvalue weighted by atomic mass is 10.1. The number of benzene rings is 1. The molecule has 0 saturated carbocycles. The minimum absolute atomic E-state index is 0.0499. The van der Waals surface area contributed by atoms with Gasteiger partial charge in [0.05, 0.1) is 11.4 Å². The topological polar surface area (TPSA) is 63.9 Å². The van der Waals surface area contributed by atoms with Crippen molar-refractivity contribution in [3.63, 3.8) is 0 Å². The van der Waals surface area contributed by atoms with E-state index in [-0.39, 0.29) is 5.91 Å². The van der Waals surface area contributed by atoms with Gasteiger partial charge in [-0.1, -0.05) is 30.8 Å². The first-order valence-corrected chi connectivity index (χ1v) is 9.76. The Balaban J connectivity index is 1.77. The Kier molecular flexibility index (Phi) is 5.50. The van der Waals surface area contributed by atoms with Gasteiger partial charge in [-0.15, -0.1) is 21.5 Å². The van der Waals surface area contributed by atoms with E-state index in [0.717, 1.165) is 23.0 Å². The van der Waals surface area contributed by atoms with Gasteiger partial charge in [-0.3, -0.25) is 9.69 Å². The van der Waals surface area contributed by atoms with Crippen molar-refractivity contribution in [1.82, 2.24) is 19.7 Å². The molecule has 0 spiro atoms. The summed E-state index contributed by atoms with van der Waals surface area (Å²) in [5.74, 6) is 0.634. The maximum absolute atomic E-state index is 12.2. The van der Waals surface area contributed by atoms with Crippen molar-refractivity contribution in [3.8, 4) is 0 Å². The number of carbonyl (C=O) groups is 1. The highest BCUT2D eigenvalue weighted by atomic mass is 32.2. The molecule has 0 radical (unpaired) electrons. The highest BCUT2D eigenvalue weighted by molar-refractivity contribution is 7.98. The van der Waals surface area contributed by atoms with Gasteiger partial charge in [0.25, 0.3) is 0 Å². The molecule has 3 rings (SSSR count). The summed E-state index contributed by atoms with van der Waals surface area (Å²) in [6.07, 6.45) is 2.65. The molecule has 1 aromatic carbocycles. The Bertz CT molecular complexity index is 856. The van der Waals surface area contributed by atoms with Crippen LogP contribution in [-0.2, 0) is 24.0 Å².